The van der Waals surface area contributed by atoms with Gasteiger partial charge in [-0.1, -0.05) is 6.07 Å². The Kier molecular flexibility index (Phi) is 3.99. The summed E-state index contributed by atoms with van der Waals surface area (Å²) in [6.45, 7) is 4.38. The number of hydrogen-bond acceptors (Lipinski definition) is 3. The van der Waals surface area contributed by atoms with E-state index in [0.717, 1.165) is 5.56 Å². The van der Waals surface area contributed by atoms with E-state index in [4.69, 9.17) is 14.7 Å². The van der Waals surface area contributed by atoms with Gasteiger partial charge >= 0.3 is 0 Å². The molecule has 0 saturated heterocycles. The molecule has 0 aliphatic heterocycles. The molecule has 0 saturated carbocycles. The van der Waals surface area contributed by atoms with Gasteiger partial charge in [0.05, 0.1) is 25.7 Å². The molecule has 0 aliphatic rings. The highest BCUT2D eigenvalue weighted by Crippen LogP contribution is 2.30. The van der Waals surface area contributed by atoms with Crippen LogP contribution in [0.4, 0.5) is 0 Å². The molecule has 80 valence electrons. The number of nitriles is 1. The Bertz CT molecular complexity index is 368. The van der Waals surface area contributed by atoms with Gasteiger partial charge in [-0.3, -0.25) is 0 Å². The summed E-state index contributed by atoms with van der Waals surface area (Å²) in [7, 11) is 1.60. The first-order valence-corrected chi connectivity index (χ1v) is 4.93. The molecule has 0 aromatic heterocycles. The second kappa shape index (κ2) is 5.26. The Labute approximate surface area is 90.2 Å². The molecule has 0 aliphatic carbocycles. The number of rotatable bonds is 4. The highest BCUT2D eigenvalue weighted by Gasteiger charge is 2.09. The van der Waals surface area contributed by atoms with Gasteiger partial charge < -0.3 is 9.47 Å². The predicted octanol–water partition coefficient (Wildman–Crippen LogP) is 2.72. The largest absolute Gasteiger partial charge is 0.493 e. The third-order valence-electron chi connectivity index (χ3n) is 2.18. The molecule has 0 N–H and O–H groups in total. The number of ether oxygens (including phenoxy) is 2. The Hall–Kier alpha value is -1.69. The Morgan fingerprint density at radius 3 is 2.67 bits per heavy atom. The minimum Gasteiger partial charge on any atom is -0.493 e. The van der Waals surface area contributed by atoms with Crippen LogP contribution < -0.4 is 9.47 Å². The van der Waals surface area contributed by atoms with Crippen LogP contribution in [0.3, 0.4) is 0 Å². The number of benzene rings is 1. The molecule has 15 heavy (non-hydrogen) atoms. The van der Waals surface area contributed by atoms with Crippen LogP contribution in [0.5, 0.6) is 11.5 Å². The lowest BCUT2D eigenvalue weighted by atomic mass is 10.0. The van der Waals surface area contributed by atoms with Gasteiger partial charge in [0.25, 0.3) is 0 Å². The molecule has 3 nitrogen and oxygen atoms in total. The average Bonchev–Trinajstić information content (AvgIpc) is 2.29. The predicted molar refractivity (Wildman–Crippen MR) is 58.2 cm³/mol. The molecule has 1 aromatic carbocycles. The van der Waals surface area contributed by atoms with Crippen LogP contribution in [0, 0.1) is 11.3 Å². The van der Waals surface area contributed by atoms with Crippen LogP contribution in [-0.4, -0.2) is 13.7 Å². The van der Waals surface area contributed by atoms with Crippen molar-refractivity contribution in [2.45, 2.75) is 19.8 Å². The van der Waals surface area contributed by atoms with E-state index in [9.17, 15) is 0 Å². The van der Waals surface area contributed by atoms with Crippen molar-refractivity contribution in [2.75, 3.05) is 13.7 Å². The molecule has 0 radical (unpaired) electrons. The fraction of sp³-hybridized carbons (Fsp3) is 0.417. The van der Waals surface area contributed by atoms with Crippen LogP contribution in [0.1, 0.15) is 25.3 Å². The van der Waals surface area contributed by atoms with Gasteiger partial charge in [0.15, 0.2) is 11.5 Å². The van der Waals surface area contributed by atoms with Crippen molar-refractivity contribution in [1.29, 1.82) is 5.26 Å². The smallest absolute Gasteiger partial charge is 0.161 e. The molecule has 1 rings (SSSR count). The van der Waals surface area contributed by atoms with Crippen molar-refractivity contribution >= 4 is 0 Å². The van der Waals surface area contributed by atoms with E-state index in [1.54, 1.807) is 7.11 Å². The lowest BCUT2D eigenvalue weighted by Crippen LogP contribution is -1.97. The molecule has 1 aromatic rings. The van der Waals surface area contributed by atoms with Crippen LogP contribution in [0.2, 0.25) is 0 Å². The molecule has 0 amide bonds. The summed E-state index contributed by atoms with van der Waals surface area (Å²) in [5, 5.41) is 8.80. The van der Waals surface area contributed by atoms with Crippen molar-refractivity contribution in [3.05, 3.63) is 23.8 Å². The molecule has 1 unspecified atom stereocenters. The maximum Gasteiger partial charge on any atom is 0.161 e. The van der Waals surface area contributed by atoms with E-state index in [0.29, 0.717) is 18.1 Å². The van der Waals surface area contributed by atoms with Crippen molar-refractivity contribution in [2.24, 2.45) is 0 Å². The number of hydrogen-bond donors (Lipinski definition) is 0. The van der Waals surface area contributed by atoms with Crippen LogP contribution in [0.15, 0.2) is 18.2 Å². The van der Waals surface area contributed by atoms with Gasteiger partial charge in [-0.2, -0.15) is 5.26 Å². The van der Waals surface area contributed by atoms with Crippen LogP contribution in [0.25, 0.3) is 0 Å². The van der Waals surface area contributed by atoms with Crippen molar-refractivity contribution in [3.63, 3.8) is 0 Å². The van der Waals surface area contributed by atoms with E-state index in [2.05, 4.69) is 6.07 Å². The van der Waals surface area contributed by atoms with Crippen molar-refractivity contribution < 1.29 is 9.47 Å². The first kappa shape index (κ1) is 11.4. The van der Waals surface area contributed by atoms with E-state index >= 15 is 0 Å². The number of methoxy groups -OCH3 is 1. The summed E-state index contributed by atoms with van der Waals surface area (Å²) in [5.74, 6) is 1.26. The van der Waals surface area contributed by atoms with E-state index < -0.39 is 0 Å². The summed E-state index contributed by atoms with van der Waals surface area (Å²) in [5.41, 5.74) is 0.942. The second-order valence-electron chi connectivity index (χ2n) is 3.19. The van der Waals surface area contributed by atoms with Gasteiger partial charge in [-0.25, -0.2) is 0 Å². The highest BCUT2D eigenvalue weighted by molar-refractivity contribution is 5.44. The standard InChI is InChI=1S/C12H15NO2/c1-4-15-11-6-5-10(9(2)8-13)7-12(11)14-3/h5-7,9H,4H2,1-3H3. The zero-order valence-electron chi connectivity index (χ0n) is 9.28. The molecule has 3 heteroatoms. The molecule has 1 atom stereocenters. The third kappa shape index (κ3) is 2.63. The fourth-order valence-electron chi connectivity index (χ4n) is 1.30. The summed E-state index contributed by atoms with van der Waals surface area (Å²) >= 11 is 0. The van der Waals surface area contributed by atoms with E-state index in [1.807, 2.05) is 32.0 Å². The first-order valence-electron chi connectivity index (χ1n) is 4.93. The topological polar surface area (TPSA) is 42.2 Å². The van der Waals surface area contributed by atoms with Crippen molar-refractivity contribution in [1.82, 2.24) is 0 Å². The van der Waals surface area contributed by atoms with Crippen molar-refractivity contribution in [3.8, 4) is 17.6 Å². The average molecular weight is 205 g/mol. The summed E-state index contributed by atoms with van der Waals surface area (Å²) in [6.07, 6.45) is 0. The maximum atomic E-state index is 8.80. The van der Waals surface area contributed by atoms with Crippen LogP contribution in [-0.2, 0) is 0 Å². The van der Waals surface area contributed by atoms with E-state index in [1.165, 1.54) is 0 Å². The molecule has 0 fully saturated rings. The normalized spacial score (nSPS) is 11.6. The summed E-state index contributed by atoms with van der Waals surface area (Å²) < 4.78 is 10.6. The minimum atomic E-state index is -0.130. The Morgan fingerprint density at radius 2 is 2.13 bits per heavy atom. The zero-order chi connectivity index (χ0) is 11.3. The molecule has 0 bridgehead atoms. The second-order valence-corrected chi connectivity index (χ2v) is 3.19. The Balaban J connectivity index is 3.03. The quantitative estimate of drug-likeness (QED) is 0.759. The lowest BCUT2D eigenvalue weighted by Gasteiger charge is -2.11. The highest BCUT2D eigenvalue weighted by atomic mass is 16.5. The molecule has 0 heterocycles. The van der Waals surface area contributed by atoms with Gasteiger partial charge in [-0.15, -0.1) is 0 Å². The minimum absolute atomic E-state index is 0.130. The SMILES string of the molecule is CCOc1ccc(C(C)C#N)cc1OC. The molecule has 0 spiro atoms. The van der Waals surface area contributed by atoms with Gasteiger partial charge in [0, 0.05) is 0 Å². The zero-order valence-corrected chi connectivity index (χ0v) is 9.28. The van der Waals surface area contributed by atoms with Crippen LogP contribution >= 0.6 is 0 Å². The molecular formula is C12H15NO2. The summed E-state index contributed by atoms with van der Waals surface area (Å²) in [4.78, 5) is 0. The first-order chi connectivity index (χ1) is 7.22. The summed E-state index contributed by atoms with van der Waals surface area (Å²) in [6, 6.07) is 7.76. The molecular weight excluding hydrogens is 190 g/mol. The van der Waals surface area contributed by atoms with Gasteiger partial charge in [-0.05, 0) is 31.5 Å². The third-order valence-corrected chi connectivity index (χ3v) is 2.18. The number of nitrogens with zero attached hydrogens (tertiary/aromatic N) is 1. The van der Waals surface area contributed by atoms with Gasteiger partial charge in [0.1, 0.15) is 0 Å². The van der Waals surface area contributed by atoms with Gasteiger partial charge in [0.2, 0.25) is 0 Å². The lowest BCUT2D eigenvalue weighted by molar-refractivity contribution is 0.310. The Morgan fingerprint density at radius 1 is 1.40 bits per heavy atom. The maximum absolute atomic E-state index is 8.80. The fourth-order valence-corrected chi connectivity index (χ4v) is 1.30. The van der Waals surface area contributed by atoms with E-state index in [-0.39, 0.29) is 5.92 Å². The monoisotopic (exact) mass is 205 g/mol.